The summed E-state index contributed by atoms with van der Waals surface area (Å²) < 4.78 is 5.09. The minimum Gasteiger partial charge on any atom is -0.497 e. The second-order valence-corrected chi connectivity index (χ2v) is 4.65. The highest BCUT2D eigenvalue weighted by atomic mass is 16.5. The van der Waals surface area contributed by atoms with Gasteiger partial charge in [0.25, 0.3) is 0 Å². The maximum absolute atomic E-state index is 12.3. The highest BCUT2D eigenvalue weighted by Crippen LogP contribution is 2.33. The van der Waals surface area contributed by atoms with Gasteiger partial charge in [0.05, 0.1) is 7.11 Å². The van der Waals surface area contributed by atoms with Gasteiger partial charge in [-0.1, -0.05) is 11.1 Å². The molecule has 1 aliphatic carbocycles. The third kappa shape index (κ3) is 2.26. The molecule has 1 aromatic carbocycles. The van der Waals surface area contributed by atoms with E-state index in [1.54, 1.807) is 7.11 Å². The van der Waals surface area contributed by atoms with Crippen LogP contribution < -0.4 is 4.74 Å². The number of hydrogen-bond acceptors (Lipinski definition) is 2. The van der Waals surface area contributed by atoms with Gasteiger partial charge in [-0.2, -0.15) is 0 Å². The van der Waals surface area contributed by atoms with Crippen molar-refractivity contribution >= 4 is 5.78 Å². The SMILES string of the molecule is COc1ccc(C(=O)C2CCC(C)=C2C)cc1. The number of carbonyl (C=O) groups excluding carboxylic acids is 1. The maximum atomic E-state index is 12.3. The zero-order chi connectivity index (χ0) is 12.4. The van der Waals surface area contributed by atoms with Crippen molar-refractivity contribution in [3.63, 3.8) is 0 Å². The van der Waals surface area contributed by atoms with Gasteiger partial charge in [-0.15, -0.1) is 0 Å². The van der Waals surface area contributed by atoms with Crippen LogP contribution in [-0.4, -0.2) is 12.9 Å². The number of Topliss-reactive ketones (excluding diaryl/α,β-unsaturated/α-hetero) is 1. The van der Waals surface area contributed by atoms with Crippen molar-refractivity contribution in [1.82, 2.24) is 0 Å². The first-order valence-corrected chi connectivity index (χ1v) is 5.98. The Hall–Kier alpha value is -1.57. The Morgan fingerprint density at radius 2 is 1.88 bits per heavy atom. The molecule has 0 amide bonds. The first kappa shape index (κ1) is 11.9. The molecule has 0 spiro atoms. The lowest BCUT2D eigenvalue weighted by Crippen LogP contribution is -2.13. The molecule has 1 aromatic rings. The largest absolute Gasteiger partial charge is 0.497 e. The quantitative estimate of drug-likeness (QED) is 0.585. The molecule has 90 valence electrons. The van der Waals surface area contributed by atoms with E-state index in [4.69, 9.17) is 4.74 Å². The number of ether oxygens (including phenoxy) is 1. The summed E-state index contributed by atoms with van der Waals surface area (Å²) in [5.74, 6) is 1.11. The molecule has 0 fully saturated rings. The first-order chi connectivity index (χ1) is 8.13. The first-order valence-electron chi connectivity index (χ1n) is 5.98. The molecule has 0 saturated heterocycles. The number of hydrogen-bond donors (Lipinski definition) is 0. The number of benzene rings is 1. The van der Waals surface area contributed by atoms with E-state index in [1.165, 1.54) is 11.1 Å². The standard InChI is InChI=1S/C15H18O2/c1-10-4-9-14(11(10)2)15(16)12-5-7-13(17-3)8-6-12/h5-8,14H,4,9H2,1-3H3. The van der Waals surface area contributed by atoms with Gasteiger partial charge in [0, 0.05) is 11.5 Å². The summed E-state index contributed by atoms with van der Waals surface area (Å²) in [7, 11) is 1.63. The van der Waals surface area contributed by atoms with Crippen LogP contribution in [0, 0.1) is 5.92 Å². The normalized spacial score (nSPS) is 19.6. The van der Waals surface area contributed by atoms with Crippen LogP contribution in [-0.2, 0) is 0 Å². The highest BCUT2D eigenvalue weighted by Gasteiger charge is 2.27. The number of rotatable bonds is 3. The lowest BCUT2D eigenvalue weighted by Gasteiger charge is -2.11. The third-order valence-electron chi connectivity index (χ3n) is 3.69. The van der Waals surface area contributed by atoms with Crippen LogP contribution in [0.5, 0.6) is 5.75 Å². The van der Waals surface area contributed by atoms with E-state index in [0.717, 1.165) is 24.2 Å². The van der Waals surface area contributed by atoms with Crippen molar-refractivity contribution in [2.75, 3.05) is 7.11 Å². The zero-order valence-electron chi connectivity index (χ0n) is 10.6. The molecule has 1 atom stereocenters. The van der Waals surface area contributed by atoms with Crippen LogP contribution in [0.4, 0.5) is 0 Å². The van der Waals surface area contributed by atoms with Crippen molar-refractivity contribution in [3.8, 4) is 5.75 Å². The molecule has 0 aromatic heterocycles. The Bertz CT molecular complexity index is 454. The summed E-state index contributed by atoms with van der Waals surface area (Å²) >= 11 is 0. The Kier molecular flexibility index (Phi) is 3.32. The highest BCUT2D eigenvalue weighted by molar-refractivity contribution is 6.00. The summed E-state index contributed by atoms with van der Waals surface area (Å²) in [6.07, 6.45) is 2.01. The summed E-state index contributed by atoms with van der Waals surface area (Å²) in [5, 5.41) is 0. The molecule has 2 rings (SSSR count). The molecule has 2 heteroatoms. The molecule has 0 radical (unpaired) electrons. The van der Waals surface area contributed by atoms with E-state index < -0.39 is 0 Å². The van der Waals surface area contributed by atoms with Gasteiger partial charge in [0.15, 0.2) is 5.78 Å². The number of methoxy groups -OCH3 is 1. The van der Waals surface area contributed by atoms with Crippen molar-refractivity contribution in [2.45, 2.75) is 26.7 Å². The van der Waals surface area contributed by atoms with Crippen LogP contribution in [0.15, 0.2) is 35.4 Å². The molecule has 17 heavy (non-hydrogen) atoms. The molecule has 0 heterocycles. The van der Waals surface area contributed by atoms with Crippen molar-refractivity contribution in [1.29, 1.82) is 0 Å². The summed E-state index contributed by atoms with van der Waals surface area (Å²) in [5.41, 5.74) is 3.41. The molecule has 1 unspecified atom stereocenters. The summed E-state index contributed by atoms with van der Waals surface area (Å²) in [6, 6.07) is 7.38. The molecule has 2 nitrogen and oxygen atoms in total. The van der Waals surface area contributed by atoms with E-state index in [-0.39, 0.29) is 11.7 Å². The predicted molar refractivity (Wildman–Crippen MR) is 68.4 cm³/mol. The van der Waals surface area contributed by atoms with Crippen LogP contribution in [0.3, 0.4) is 0 Å². The van der Waals surface area contributed by atoms with Gasteiger partial charge >= 0.3 is 0 Å². The van der Waals surface area contributed by atoms with E-state index in [0.29, 0.717) is 0 Å². The molecule has 0 bridgehead atoms. The fourth-order valence-electron chi connectivity index (χ4n) is 2.36. The average molecular weight is 230 g/mol. The van der Waals surface area contributed by atoms with Gasteiger partial charge in [0.1, 0.15) is 5.75 Å². The van der Waals surface area contributed by atoms with Gasteiger partial charge in [0.2, 0.25) is 0 Å². The summed E-state index contributed by atoms with van der Waals surface area (Å²) in [4.78, 5) is 12.3. The topological polar surface area (TPSA) is 26.3 Å². The Morgan fingerprint density at radius 1 is 1.24 bits per heavy atom. The van der Waals surface area contributed by atoms with E-state index in [9.17, 15) is 4.79 Å². The van der Waals surface area contributed by atoms with E-state index >= 15 is 0 Å². The average Bonchev–Trinajstić information content (AvgIpc) is 2.69. The molecule has 0 aliphatic heterocycles. The fourth-order valence-corrected chi connectivity index (χ4v) is 2.36. The van der Waals surface area contributed by atoms with E-state index in [2.05, 4.69) is 13.8 Å². The lowest BCUT2D eigenvalue weighted by molar-refractivity contribution is 0.0939. The Morgan fingerprint density at radius 3 is 2.35 bits per heavy atom. The van der Waals surface area contributed by atoms with Gasteiger partial charge < -0.3 is 4.74 Å². The van der Waals surface area contributed by atoms with Crippen LogP contribution >= 0.6 is 0 Å². The van der Waals surface area contributed by atoms with Gasteiger partial charge in [-0.25, -0.2) is 0 Å². The lowest BCUT2D eigenvalue weighted by atomic mass is 9.92. The van der Waals surface area contributed by atoms with Crippen LogP contribution in [0.2, 0.25) is 0 Å². The monoisotopic (exact) mass is 230 g/mol. The number of carbonyl (C=O) groups is 1. The Labute approximate surface area is 102 Å². The molecule has 1 aliphatic rings. The predicted octanol–water partition coefficient (Wildman–Crippen LogP) is 3.62. The Balaban J connectivity index is 2.20. The van der Waals surface area contributed by atoms with E-state index in [1.807, 2.05) is 24.3 Å². The molecular formula is C15H18O2. The van der Waals surface area contributed by atoms with Crippen LogP contribution in [0.25, 0.3) is 0 Å². The minimum atomic E-state index is 0.0865. The molecule has 0 N–H and O–H groups in total. The van der Waals surface area contributed by atoms with Crippen LogP contribution in [0.1, 0.15) is 37.0 Å². The smallest absolute Gasteiger partial charge is 0.169 e. The number of allylic oxidation sites excluding steroid dienone is 2. The second kappa shape index (κ2) is 4.74. The minimum absolute atomic E-state index is 0.0865. The fraction of sp³-hybridized carbons (Fsp3) is 0.400. The van der Waals surface area contributed by atoms with Gasteiger partial charge in [-0.05, 0) is 51.0 Å². The molecular weight excluding hydrogens is 212 g/mol. The number of ketones is 1. The van der Waals surface area contributed by atoms with Gasteiger partial charge in [-0.3, -0.25) is 4.79 Å². The third-order valence-corrected chi connectivity index (χ3v) is 3.69. The second-order valence-electron chi connectivity index (χ2n) is 4.65. The zero-order valence-corrected chi connectivity index (χ0v) is 10.6. The van der Waals surface area contributed by atoms with Crippen molar-refractivity contribution < 1.29 is 9.53 Å². The maximum Gasteiger partial charge on any atom is 0.169 e. The van der Waals surface area contributed by atoms with Crippen molar-refractivity contribution in [2.24, 2.45) is 5.92 Å². The summed E-state index contributed by atoms with van der Waals surface area (Å²) in [6.45, 7) is 4.20. The van der Waals surface area contributed by atoms with Crippen molar-refractivity contribution in [3.05, 3.63) is 41.0 Å². The molecule has 0 saturated carbocycles.